The predicted octanol–water partition coefficient (Wildman–Crippen LogP) is 0.408. The van der Waals surface area contributed by atoms with Crippen LogP contribution in [0, 0.1) is 0 Å². The summed E-state index contributed by atoms with van der Waals surface area (Å²) in [6.45, 7) is 0. The van der Waals surface area contributed by atoms with Gasteiger partial charge in [-0.25, -0.2) is 17.9 Å². The number of aromatic carboxylic acids is 1. The molecule has 7 heteroatoms. The van der Waals surface area contributed by atoms with E-state index in [1.165, 1.54) is 12.1 Å². The number of carboxylic acid groups (broad SMARTS) is 1. The second kappa shape index (κ2) is 4.01. The van der Waals surface area contributed by atoms with E-state index < -0.39 is 16.0 Å². The van der Waals surface area contributed by atoms with E-state index in [4.69, 9.17) is 10.8 Å². The van der Waals surface area contributed by atoms with Crippen molar-refractivity contribution in [2.75, 3.05) is 5.73 Å². The molecule has 4 N–H and O–H groups in total. The molecule has 1 saturated carbocycles. The third kappa shape index (κ3) is 2.56. The molecule has 1 aliphatic rings. The average molecular weight is 256 g/mol. The number of hydrogen-bond donors (Lipinski definition) is 3. The number of carbonyl (C=O) groups is 1. The van der Waals surface area contributed by atoms with Crippen LogP contribution >= 0.6 is 0 Å². The van der Waals surface area contributed by atoms with E-state index in [0.717, 1.165) is 18.9 Å². The van der Waals surface area contributed by atoms with Gasteiger partial charge in [-0.2, -0.15) is 0 Å². The van der Waals surface area contributed by atoms with Gasteiger partial charge in [0.05, 0.1) is 10.5 Å². The van der Waals surface area contributed by atoms with E-state index in [9.17, 15) is 13.2 Å². The summed E-state index contributed by atoms with van der Waals surface area (Å²) in [5.74, 6) is -1.31. The molecule has 1 aromatic carbocycles. The summed E-state index contributed by atoms with van der Waals surface area (Å²) in [5.41, 5.74) is 5.35. The molecule has 0 atom stereocenters. The normalized spacial score (nSPS) is 15.8. The predicted molar refractivity (Wildman–Crippen MR) is 61.2 cm³/mol. The topological polar surface area (TPSA) is 109 Å². The average Bonchev–Trinajstić information content (AvgIpc) is 3.00. The number of carboxylic acids is 1. The second-order valence-corrected chi connectivity index (χ2v) is 5.64. The lowest BCUT2D eigenvalue weighted by Gasteiger charge is -2.09. The van der Waals surface area contributed by atoms with Gasteiger partial charge in [0.15, 0.2) is 0 Å². The number of benzene rings is 1. The molecule has 2 rings (SSSR count). The number of hydrogen-bond acceptors (Lipinski definition) is 4. The molecule has 0 unspecified atom stereocenters. The van der Waals surface area contributed by atoms with Crippen LogP contribution in [0.3, 0.4) is 0 Å². The fourth-order valence-corrected chi connectivity index (χ4v) is 2.92. The highest BCUT2D eigenvalue weighted by Gasteiger charge is 2.30. The summed E-state index contributed by atoms with van der Waals surface area (Å²) >= 11 is 0. The first-order chi connectivity index (χ1) is 7.90. The van der Waals surface area contributed by atoms with Crippen molar-refractivity contribution < 1.29 is 18.3 Å². The highest BCUT2D eigenvalue weighted by atomic mass is 32.2. The highest BCUT2D eigenvalue weighted by Crippen LogP contribution is 2.24. The van der Waals surface area contributed by atoms with Crippen molar-refractivity contribution in [2.24, 2.45) is 0 Å². The van der Waals surface area contributed by atoms with Crippen LogP contribution < -0.4 is 10.5 Å². The zero-order chi connectivity index (χ0) is 12.6. The lowest BCUT2D eigenvalue weighted by Crippen LogP contribution is -2.27. The Kier molecular flexibility index (Phi) is 2.80. The quantitative estimate of drug-likeness (QED) is 0.676. The van der Waals surface area contributed by atoms with Crippen molar-refractivity contribution in [2.45, 2.75) is 23.8 Å². The molecule has 0 aromatic heterocycles. The molecular formula is C10H12N2O4S. The molecule has 0 spiro atoms. The van der Waals surface area contributed by atoms with E-state index in [2.05, 4.69) is 4.72 Å². The molecule has 0 saturated heterocycles. The molecule has 92 valence electrons. The molecule has 0 amide bonds. The lowest BCUT2D eigenvalue weighted by atomic mass is 10.2. The van der Waals surface area contributed by atoms with Crippen molar-refractivity contribution in [3.8, 4) is 0 Å². The number of nitrogen functional groups attached to an aromatic ring is 1. The Hall–Kier alpha value is -1.60. The largest absolute Gasteiger partial charge is 0.478 e. The molecule has 0 heterocycles. The molecule has 17 heavy (non-hydrogen) atoms. The molecule has 1 fully saturated rings. The Morgan fingerprint density at radius 3 is 2.59 bits per heavy atom. The van der Waals surface area contributed by atoms with Crippen molar-refractivity contribution >= 4 is 21.7 Å². The smallest absolute Gasteiger partial charge is 0.337 e. The molecule has 1 aliphatic carbocycles. The standard InChI is InChI=1S/C10H12N2O4S/c11-6-1-4-9(8(5-6)10(13)14)17(15,16)12-7-2-3-7/h1,4-5,7,12H,2-3,11H2,(H,13,14). The molecule has 0 bridgehead atoms. The van der Waals surface area contributed by atoms with E-state index >= 15 is 0 Å². The Morgan fingerprint density at radius 2 is 2.06 bits per heavy atom. The van der Waals surface area contributed by atoms with Crippen LogP contribution in [0.15, 0.2) is 23.1 Å². The second-order valence-electron chi connectivity index (χ2n) is 3.96. The summed E-state index contributed by atoms with van der Waals surface area (Å²) < 4.78 is 26.2. The van der Waals surface area contributed by atoms with Crippen LogP contribution in [-0.2, 0) is 10.0 Å². The molecule has 1 aromatic rings. The van der Waals surface area contributed by atoms with E-state index in [1.807, 2.05) is 0 Å². The van der Waals surface area contributed by atoms with Crippen molar-refractivity contribution in [1.29, 1.82) is 0 Å². The van der Waals surface area contributed by atoms with Crippen LogP contribution in [0.4, 0.5) is 5.69 Å². The number of anilines is 1. The van der Waals surface area contributed by atoms with Crippen LogP contribution in [0.5, 0.6) is 0 Å². The monoisotopic (exact) mass is 256 g/mol. The fourth-order valence-electron chi connectivity index (χ4n) is 1.43. The molecule has 0 radical (unpaired) electrons. The summed E-state index contributed by atoms with van der Waals surface area (Å²) in [6, 6.07) is 3.65. The Balaban J connectivity index is 2.46. The first-order valence-corrected chi connectivity index (χ1v) is 6.53. The number of rotatable bonds is 4. The zero-order valence-corrected chi connectivity index (χ0v) is 9.70. The Labute approximate surface area is 98.5 Å². The minimum absolute atomic E-state index is 0.0702. The minimum atomic E-state index is -3.78. The third-order valence-electron chi connectivity index (χ3n) is 2.42. The van der Waals surface area contributed by atoms with Gasteiger partial charge < -0.3 is 10.8 Å². The Bertz CT molecular complexity index is 564. The van der Waals surface area contributed by atoms with E-state index in [0.29, 0.717) is 0 Å². The maximum atomic E-state index is 11.9. The van der Waals surface area contributed by atoms with Gasteiger partial charge in [0.25, 0.3) is 0 Å². The van der Waals surface area contributed by atoms with Gasteiger partial charge in [-0.3, -0.25) is 0 Å². The van der Waals surface area contributed by atoms with Gasteiger partial charge in [0, 0.05) is 11.7 Å². The summed E-state index contributed by atoms with van der Waals surface area (Å²) in [4.78, 5) is 10.7. The third-order valence-corrected chi connectivity index (χ3v) is 4.00. The first kappa shape index (κ1) is 11.9. The SMILES string of the molecule is Nc1ccc(S(=O)(=O)NC2CC2)c(C(=O)O)c1. The fraction of sp³-hybridized carbons (Fsp3) is 0.300. The zero-order valence-electron chi connectivity index (χ0n) is 8.88. The number of nitrogens with one attached hydrogen (secondary N) is 1. The number of nitrogens with two attached hydrogens (primary N) is 1. The van der Waals surface area contributed by atoms with Crippen LogP contribution in [0.2, 0.25) is 0 Å². The van der Waals surface area contributed by atoms with Crippen molar-refractivity contribution in [1.82, 2.24) is 4.72 Å². The van der Waals surface area contributed by atoms with Crippen molar-refractivity contribution in [3.05, 3.63) is 23.8 Å². The van der Waals surface area contributed by atoms with Crippen molar-refractivity contribution in [3.63, 3.8) is 0 Å². The van der Waals surface area contributed by atoms with Gasteiger partial charge in [0.2, 0.25) is 10.0 Å². The van der Waals surface area contributed by atoms with E-state index in [-0.39, 0.29) is 22.2 Å². The highest BCUT2D eigenvalue weighted by molar-refractivity contribution is 7.89. The molecule has 0 aliphatic heterocycles. The summed E-state index contributed by atoms with van der Waals surface area (Å²) in [7, 11) is -3.78. The minimum Gasteiger partial charge on any atom is -0.478 e. The van der Waals surface area contributed by atoms with Gasteiger partial charge >= 0.3 is 5.97 Å². The van der Waals surface area contributed by atoms with Gasteiger partial charge in [-0.05, 0) is 31.0 Å². The molecular weight excluding hydrogens is 244 g/mol. The summed E-state index contributed by atoms with van der Waals surface area (Å²) in [5, 5.41) is 8.96. The first-order valence-electron chi connectivity index (χ1n) is 5.05. The van der Waals surface area contributed by atoms with E-state index in [1.54, 1.807) is 0 Å². The Morgan fingerprint density at radius 1 is 1.41 bits per heavy atom. The van der Waals surface area contributed by atoms with Crippen LogP contribution in [0.25, 0.3) is 0 Å². The summed E-state index contributed by atoms with van der Waals surface area (Å²) in [6.07, 6.45) is 1.58. The molecule has 6 nitrogen and oxygen atoms in total. The number of sulfonamides is 1. The maximum absolute atomic E-state index is 11.9. The van der Waals surface area contributed by atoms with Gasteiger partial charge in [-0.15, -0.1) is 0 Å². The van der Waals surface area contributed by atoms with Gasteiger partial charge in [-0.1, -0.05) is 0 Å². The van der Waals surface area contributed by atoms with Crippen LogP contribution in [-0.4, -0.2) is 25.5 Å². The lowest BCUT2D eigenvalue weighted by molar-refractivity contribution is 0.0692. The van der Waals surface area contributed by atoms with Gasteiger partial charge in [0.1, 0.15) is 0 Å². The maximum Gasteiger partial charge on any atom is 0.337 e. The van der Waals surface area contributed by atoms with Crippen LogP contribution in [0.1, 0.15) is 23.2 Å².